The Bertz CT molecular complexity index is 413. The van der Waals surface area contributed by atoms with Gasteiger partial charge in [-0.25, -0.2) is 9.97 Å². The molecule has 0 amide bonds. The van der Waals surface area contributed by atoms with Crippen molar-refractivity contribution in [3.63, 3.8) is 0 Å². The summed E-state index contributed by atoms with van der Waals surface area (Å²) in [5.41, 5.74) is 6.61. The highest BCUT2D eigenvalue weighted by Gasteiger charge is 2.25. The zero-order chi connectivity index (χ0) is 10.8. The van der Waals surface area contributed by atoms with Crippen molar-refractivity contribution in [1.29, 1.82) is 5.26 Å². The third-order valence-corrected chi connectivity index (χ3v) is 2.10. The molecule has 73 valence electrons. The SMILES string of the molecule is Cc1nc(N)c(C#N)c([C]2[CH][CH][CH][CH]2)n1. The lowest BCUT2D eigenvalue weighted by atomic mass is 9.99. The van der Waals surface area contributed by atoms with E-state index in [4.69, 9.17) is 11.0 Å². The van der Waals surface area contributed by atoms with E-state index in [1.54, 1.807) is 6.92 Å². The van der Waals surface area contributed by atoms with Crippen LogP contribution >= 0.6 is 0 Å². The highest BCUT2D eigenvalue weighted by molar-refractivity contribution is 5.60. The fourth-order valence-corrected chi connectivity index (χ4v) is 1.45. The Morgan fingerprint density at radius 2 is 1.93 bits per heavy atom. The van der Waals surface area contributed by atoms with Crippen molar-refractivity contribution in [2.24, 2.45) is 0 Å². The molecule has 1 saturated carbocycles. The Kier molecular flexibility index (Phi) is 2.55. The fourth-order valence-electron chi connectivity index (χ4n) is 1.45. The number of aromatic nitrogens is 2. The van der Waals surface area contributed by atoms with Gasteiger partial charge in [-0.15, -0.1) is 0 Å². The van der Waals surface area contributed by atoms with Crippen molar-refractivity contribution < 1.29 is 0 Å². The predicted molar refractivity (Wildman–Crippen MR) is 55.4 cm³/mol. The van der Waals surface area contributed by atoms with Gasteiger partial charge in [-0.05, 0) is 32.6 Å². The first kappa shape index (κ1) is 9.91. The molecule has 15 heavy (non-hydrogen) atoms. The predicted octanol–water partition coefficient (Wildman–Crippen LogP) is 0.992. The van der Waals surface area contributed by atoms with E-state index in [1.807, 2.05) is 31.8 Å². The van der Waals surface area contributed by atoms with E-state index < -0.39 is 0 Å². The van der Waals surface area contributed by atoms with Crippen molar-refractivity contribution in [3.8, 4) is 6.07 Å². The molecule has 2 rings (SSSR count). The number of rotatable bonds is 1. The highest BCUT2D eigenvalue weighted by atomic mass is 14.9. The molecule has 4 nitrogen and oxygen atoms in total. The van der Waals surface area contributed by atoms with Crippen LogP contribution in [0.1, 0.15) is 17.1 Å². The van der Waals surface area contributed by atoms with Gasteiger partial charge in [0.05, 0.1) is 5.69 Å². The van der Waals surface area contributed by atoms with Crippen molar-refractivity contribution in [2.45, 2.75) is 6.92 Å². The van der Waals surface area contributed by atoms with Crippen LogP contribution in [0.3, 0.4) is 0 Å². The summed E-state index contributed by atoms with van der Waals surface area (Å²) in [6.45, 7) is 1.75. The number of hydrogen-bond acceptors (Lipinski definition) is 4. The second-order valence-corrected chi connectivity index (χ2v) is 3.17. The van der Waals surface area contributed by atoms with Gasteiger partial charge in [-0.2, -0.15) is 5.26 Å². The molecule has 5 radical (unpaired) electrons. The molecule has 0 spiro atoms. The first-order valence-electron chi connectivity index (χ1n) is 4.48. The Labute approximate surface area is 89.2 Å². The van der Waals surface area contributed by atoms with Gasteiger partial charge >= 0.3 is 0 Å². The summed E-state index contributed by atoms with van der Waals surface area (Å²) in [5, 5.41) is 8.98. The molecule has 4 heteroatoms. The van der Waals surface area contributed by atoms with Gasteiger partial charge in [0, 0.05) is 5.92 Å². The lowest BCUT2D eigenvalue weighted by Crippen LogP contribution is -2.09. The number of hydrogen-bond donors (Lipinski definition) is 1. The van der Waals surface area contributed by atoms with Crippen LogP contribution in [0.15, 0.2) is 0 Å². The molecule has 1 aromatic rings. The van der Waals surface area contributed by atoms with Crippen LogP contribution < -0.4 is 5.73 Å². The van der Waals surface area contributed by atoms with E-state index in [9.17, 15) is 0 Å². The normalized spacial score (nSPS) is 16.5. The third-order valence-electron chi connectivity index (χ3n) is 2.10. The van der Waals surface area contributed by atoms with E-state index in [0.29, 0.717) is 17.1 Å². The Morgan fingerprint density at radius 1 is 1.27 bits per heavy atom. The standard InChI is InChI=1S/C11H9N4/c1-7-14-10(8-4-2-3-5-8)9(6-12)11(13)15-7/h2-5H,1H3,(H2,13,14,15). The Morgan fingerprint density at radius 3 is 2.53 bits per heavy atom. The topological polar surface area (TPSA) is 75.6 Å². The van der Waals surface area contributed by atoms with Crippen LogP contribution in [0, 0.1) is 49.9 Å². The minimum Gasteiger partial charge on any atom is -0.382 e. The van der Waals surface area contributed by atoms with E-state index in [1.165, 1.54) is 0 Å². The second-order valence-electron chi connectivity index (χ2n) is 3.17. The summed E-state index contributed by atoms with van der Waals surface area (Å²) in [6.07, 6.45) is 7.57. The average molecular weight is 197 g/mol. The second kappa shape index (κ2) is 3.85. The molecule has 1 aliphatic rings. The van der Waals surface area contributed by atoms with Crippen LogP contribution in [0.4, 0.5) is 5.82 Å². The van der Waals surface area contributed by atoms with Gasteiger partial charge in [-0.3, -0.25) is 0 Å². The lowest BCUT2D eigenvalue weighted by Gasteiger charge is -2.10. The summed E-state index contributed by atoms with van der Waals surface area (Å²) in [6, 6.07) is 2.03. The maximum absolute atomic E-state index is 8.98. The molecule has 0 saturated heterocycles. The fraction of sp³-hybridized carbons (Fsp3) is 0.0909. The van der Waals surface area contributed by atoms with Crippen molar-refractivity contribution in [3.05, 3.63) is 48.7 Å². The maximum Gasteiger partial charge on any atom is 0.145 e. The number of anilines is 1. The molecule has 1 aromatic heterocycles. The Hall–Kier alpha value is -1.63. The van der Waals surface area contributed by atoms with Gasteiger partial charge in [0.15, 0.2) is 0 Å². The van der Waals surface area contributed by atoms with Crippen molar-refractivity contribution >= 4 is 5.82 Å². The zero-order valence-electron chi connectivity index (χ0n) is 8.23. The highest BCUT2D eigenvalue weighted by Crippen LogP contribution is 2.31. The Balaban J connectivity index is 2.48. The van der Waals surface area contributed by atoms with Gasteiger partial charge in [0.2, 0.25) is 0 Å². The van der Waals surface area contributed by atoms with Gasteiger partial charge in [0.1, 0.15) is 23.3 Å². The summed E-state index contributed by atoms with van der Waals surface area (Å²) in [7, 11) is 0. The molecular weight excluding hydrogens is 188 g/mol. The molecule has 0 aromatic carbocycles. The van der Waals surface area contributed by atoms with E-state index >= 15 is 0 Å². The monoisotopic (exact) mass is 197 g/mol. The third kappa shape index (κ3) is 1.78. The van der Waals surface area contributed by atoms with Crippen LogP contribution in [-0.4, -0.2) is 9.97 Å². The maximum atomic E-state index is 8.98. The zero-order valence-corrected chi connectivity index (χ0v) is 8.23. The van der Waals surface area contributed by atoms with Crippen LogP contribution in [0.25, 0.3) is 0 Å². The van der Waals surface area contributed by atoms with Crippen molar-refractivity contribution in [1.82, 2.24) is 9.97 Å². The van der Waals surface area contributed by atoms with Gasteiger partial charge in [-0.1, -0.05) is 0 Å². The minimum absolute atomic E-state index is 0.237. The number of aryl methyl sites for hydroxylation is 1. The molecule has 1 aliphatic carbocycles. The number of nitriles is 1. The first-order chi connectivity index (χ1) is 7.22. The van der Waals surface area contributed by atoms with E-state index in [0.717, 1.165) is 5.92 Å². The first-order valence-corrected chi connectivity index (χ1v) is 4.48. The number of nitrogen functional groups attached to an aromatic ring is 1. The summed E-state index contributed by atoms with van der Waals surface area (Å²) < 4.78 is 0. The van der Waals surface area contributed by atoms with Crippen LogP contribution in [0.2, 0.25) is 0 Å². The minimum atomic E-state index is 0.237. The molecule has 1 heterocycles. The molecule has 2 N–H and O–H groups in total. The summed E-state index contributed by atoms with van der Waals surface area (Å²) in [5.74, 6) is 1.70. The average Bonchev–Trinajstić information content (AvgIpc) is 2.69. The van der Waals surface area contributed by atoms with E-state index in [2.05, 4.69) is 9.97 Å². The van der Waals surface area contributed by atoms with E-state index in [-0.39, 0.29) is 5.82 Å². The lowest BCUT2D eigenvalue weighted by molar-refractivity contribution is 0.993. The van der Waals surface area contributed by atoms with Crippen molar-refractivity contribution in [2.75, 3.05) is 5.73 Å². The molecule has 0 aliphatic heterocycles. The largest absolute Gasteiger partial charge is 0.382 e. The molecule has 0 unspecified atom stereocenters. The van der Waals surface area contributed by atoms with Crippen LogP contribution in [-0.2, 0) is 0 Å². The van der Waals surface area contributed by atoms with Crippen LogP contribution in [0.5, 0.6) is 0 Å². The smallest absolute Gasteiger partial charge is 0.145 e. The summed E-state index contributed by atoms with van der Waals surface area (Å²) in [4.78, 5) is 8.19. The number of nitrogens with two attached hydrogens (primary N) is 1. The van der Waals surface area contributed by atoms with Gasteiger partial charge in [0.25, 0.3) is 0 Å². The number of nitrogens with zero attached hydrogens (tertiary/aromatic N) is 3. The van der Waals surface area contributed by atoms with Gasteiger partial charge < -0.3 is 5.73 Å². The molecule has 0 atom stereocenters. The molecular formula is C11H9N4. The summed E-state index contributed by atoms with van der Waals surface area (Å²) >= 11 is 0. The molecule has 0 bridgehead atoms. The molecule has 1 fully saturated rings. The quantitative estimate of drug-likeness (QED) is 0.728.